The lowest BCUT2D eigenvalue weighted by atomic mass is 10.2. The van der Waals surface area contributed by atoms with Crippen molar-refractivity contribution in [2.75, 3.05) is 0 Å². The number of hydrogen-bond acceptors (Lipinski definition) is 4. The lowest BCUT2D eigenvalue weighted by Crippen LogP contribution is -2.21. The number of guanidine groups is 1. The average molecular weight is 310 g/mol. The molecule has 0 amide bonds. The van der Waals surface area contributed by atoms with Crippen molar-refractivity contribution in [3.8, 4) is 16.3 Å². The zero-order valence-corrected chi connectivity index (χ0v) is 12.4. The first kappa shape index (κ1) is 14.0. The van der Waals surface area contributed by atoms with Gasteiger partial charge in [-0.3, -0.25) is 0 Å². The Bertz CT molecular complexity index is 798. The highest BCUT2D eigenvalue weighted by Gasteiger charge is 2.11. The molecular weight excluding hydrogens is 296 g/mol. The fraction of sp³-hybridized carbons (Fsp3) is 0. The molecule has 0 atom stereocenters. The first-order chi connectivity index (χ1) is 10.7. The van der Waals surface area contributed by atoms with Crippen molar-refractivity contribution >= 4 is 23.5 Å². The Morgan fingerprint density at radius 2 is 1.95 bits per heavy atom. The molecule has 3 aromatic rings. The predicted octanol–water partition coefficient (Wildman–Crippen LogP) is 2.21. The molecule has 0 unspecified atom stereocenters. The summed E-state index contributed by atoms with van der Waals surface area (Å²) in [5.74, 6) is -0.0793. The van der Waals surface area contributed by atoms with Crippen LogP contribution in [0.25, 0.3) is 16.3 Å². The molecule has 0 radical (unpaired) electrons. The number of hydrogen-bond donors (Lipinski definition) is 2. The van der Waals surface area contributed by atoms with E-state index in [4.69, 9.17) is 11.5 Å². The summed E-state index contributed by atoms with van der Waals surface area (Å²) in [6.45, 7) is 0. The van der Waals surface area contributed by atoms with Crippen molar-refractivity contribution < 1.29 is 0 Å². The molecule has 0 aliphatic rings. The maximum absolute atomic E-state index is 5.28. The summed E-state index contributed by atoms with van der Waals surface area (Å²) in [4.78, 5) is 1.06. The van der Waals surface area contributed by atoms with Gasteiger partial charge < -0.3 is 11.5 Å². The Morgan fingerprint density at radius 1 is 1.14 bits per heavy atom. The summed E-state index contributed by atoms with van der Waals surface area (Å²) in [5, 5.41) is 14.2. The van der Waals surface area contributed by atoms with Crippen LogP contribution in [0.3, 0.4) is 0 Å². The molecule has 0 spiro atoms. The van der Waals surface area contributed by atoms with Crippen LogP contribution in [0, 0.1) is 0 Å². The minimum atomic E-state index is -0.0793. The standard InChI is InChI=1S/C15H14N6S/c16-15(17)19-18-9-11-10-21(12-5-2-1-3-6-12)20-14(11)13-7-4-8-22-13/h1-10H,(H4,16,17,19)/b18-9-. The van der Waals surface area contributed by atoms with E-state index >= 15 is 0 Å². The van der Waals surface area contributed by atoms with Gasteiger partial charge in [-0.2, -0.15) is 10.2 Å². The monoisotopic (exact) mass is 310 g/mol. The quantitative estimate of drug-likeness (QED) is 0.439. The second-order valence-electron chi connectivity index (χ2n) is 4.46. The fourth-order valence-corrected chi connectivity index (χ4v) is 2.69. The molecular formula is C15H14N6S. The Kier molecular flexibility index (Phi) is 3.97. The van der Waals surface area contributed by atoms with E-state index < -0.39 is 0 Å². The van der Waals surface area contributed by atoms with Gasteiger partial charge in [0.15, 0.2) is 0 Å². The van der Waals surface area contributed by atoms with E-state index in [-0.39, 0.29) is 5.96 Å². The van der Waals surface area contributed by atoms with Crippen LogP contribution in [0.4, 0.5) is 0 Å². The molecule has 0 saturated carbocycles. The van der Waals surface area contributed by atoms with E-state index in [1.165, 1.54) is 0 Å². The van der Waals surface area contributed by atoms with Gasteiger partial charge in [0.2, 0.25) is 5.96 Å². The van der Waals surface area contributed by atoms with Gasteiger partial charge in [-0.15, -0.1) is 16.4 Å². The van der Waals surface area contributed by atoms with Crippen LogP contribution in [0.2, 0.25) is 0 Å². The molecule has 2 heterocycles. The van der Waals surface area contributed by atoms with E-state index in [0.717, 1.165) is 21.8 Å². The van der Waals surface area contributed by atoms with Crippen molar-refractivity contribution in [3.05, 3.63) is 59.6 Å². The molecule has 0 bridgehead atoms. The zero-order valence-electron chi connectivity index (χ0n) is 11.6. The molecule has 4 N–H and O–H groups in total. The van der Waals surface area contributed by atoms with E-state index in [0.29, 0.717) is 0 Å². The zero-order chi connectivity index (χ0) is 15.4. The van der Waals surface area contributed by atoms with Crippen LogP contribution in [-0.2, 0) is 0 Å². The second kappa shape index (κ2) is 6.23. The third-order valence-corrected chi connectivity index (χ3v) is 3.76. The van der Waals surface area contributed by atoms with Gasteiger partial charge in [-0.25, -0.2) is 4.68 Å². The topological polar surface area (TPSA) is 94.6 Å². The predicted molar refractivity (Wildman–Crippen MR) is 90.3 cm³/mol. The van der Waals surface area contributed by atoms with Gasteiger partial charge in [0, 0.05) is 11.8 Å². The first-order valence-electron chi connectivity index (χ1n) is 6.55. The summed E-state index contributed by atoms with van der Waals surface area (Å²) >= 11 is 1.62. The maximum Gasteiger partial charge on any atom is 0.211 e. The van der Waals surface area contributed by atoms with Crippen LogP contribution < -0.4 is 11.5 Å². The fourth-order valence-electron chi connectivity index (χ4n) is 1.96. The molecule has 3 rings (SSSR count). The number of rotatable bonds is 4. The molecule has 7 heteroatoms. The molecule has 22 heavy (non-hydrogen) atoms. The maximum atomic E-state index is 5.28. The summed E-state index contributed by atoms with van der Waals surface area (Å²) in [6.07, 6.45) is 3.50. The molecule has 0 aliphatic carbocycles. The van der Waals surface area contributed by atoms with Crippen LogP contribution in [0.5, 0.6) is 0 Å². The van der Waals surface area contributed by atoms with Crippen molar-refractivity contribution in [2.24, 2.45) is 21.7 Å². The smallest absolute Gasteiger partial charge is 0.211 e. The third kappa shape index (κ3) is 3.04. The third-order valence-electron chi connectivity index (χ3n) is 2.89. The van der Waals surface area contributed by atoms with Crippen LogP contribution in [-0.4, -0.2) is 22.0 Å². The Balaban J connectivity index is 2.05. The van der Waals surface area contributed by atoms with E-state index in [1.807, 2.05) is 58.7 Å². The number of nitrogens with zero attached hydrogens (tertiary/aromatic N) is 4. The van der Waals surface area contributed by atoms with Gasteiger partial charge in [0.25, 0.3) is 0 Å². The van der Waals surface area contributed by atoms with E-state index in [2.05, 4.69) is 15.3 Å². The summed E-state index contributed by atoms with van der Waals surface area (Å²) in [7, 11) is 0. The first-order valence-corrected chi connectivity index (χ1v) is 7.43. The van der Waals surface area contributed by atoms with Gasteiger partial charge >= 0.3 is 0 Å². The number of thiophene rings is 1. The highest BCUT2D eigenvalue weighted by Crippen LogP contribution is 2.26. The number of para-hydroxylation sites is 1. The Morgan fingerprint density at radius 3 is 2.64 bits per heavy atom. The number of aromatic nitrogens is 2. The minimum absolute atomic E-state index is 0.0793. The van der Waals surface area contributed by atoms with Crippen LogP contribution >= 0.6 is 11.3 Å². The van der Waals surface area contributed by atoms with Gasteiger partial charge in [-0.1, -0.05) is 24.3 Å². The Hall–Kier alpha value is -2.93. The number of nitrogens with two attached hydrogens (primary N) is 2. The molecule has 0 fully saturated rings. The SMILES string of the molecule is NC(N)=N/N=C\c1cn(-c2ccccc2)nc1-c1cccs1. The highest BCUT2D eigenvalue weighted by atomic mass is 32.1. The van der Waals surface area contributed by atoms with Gasteiger partial charge in [0.1, 0.15) is 5.69 Å². The second-order valence-corrected chi connectivity index (χ2v) is 5.41. The van der Waals surface area contributed by atoms with Crippen molar-refractivity contribution in [1.82, 2.24) is 9.78 Å². The van der Waals surface area contributed by atoms with Crippen molar-refractivity contribution in [2.45, 2.75) is 0 Å². The van der Waals surface area contributed by atoms with Crippen LogP contribution in [0.1, 0.15) is 5.56 Å². The summed E-state index contributed by atoms with van der Waals surface area (Å²) in [5.41, 5.74) is 13.2. The molecule has 110 valence electrons. The largest absolute Gasteiger partial charge is 0.369 e. The van der Waals surface area contributed by atoms with Crippen molar-refractivity contribution in [1.29, 1.82) is 0 Å². The summed E-state index contributed by atoms with van der Waals surface area (Å²) in [6, 6.07) is 13.9. The number of benzene rings is 1. The average Bonchev–Trinajstić information content (AvgIpc) is 3.16. The van der Waals surface area contributed by atoms with Crippen LogP contribution in [0.15, 0.2) is 64.2 Å². The molecule has 2 aromatic heterocycles. The van der Waals surface area contributed by atoms with Crippen molar-refractivity contribution in [3.63, 3.8) is 0 Å². The highest BCUT2D eigenvalue weighted by molar-refractivity contribution is 7.13. The Labute approximate surface area is 131 Å². The van der Waals surface area contributed by atoms with Gasteiger partial charge in [0.05, 0.1) is 16.8 Å². The lowest BCUT2D eigenvalue weighted by molar-refractivity contribution is 0.885. The molecule has 0 aliphatic heterocycles. The molecule has 6 nitrogen and oxygen atoms in total. The van der Waals surface area contributed by atoms with E-state index in [9.17, 15) is 0 Å². The minimum Gasteiger partial charge on any atom is -0.369 e. The molecule has 1 aromatic carbocycles. The van der Waals surface area contributed by atoms with E-state index in [1.54, 1.807) is 17.6 Å². The van der Waals surface area contributed by atoms with Gasteiger partial charge in [-0.05, 0) is 23.6 Å². The lowest BCUT2D eigenvalue weighted by Gasteiger charge is -1.98. The summed E-state index contributed by atoms with van der Waals surface area (Å²) < 4.78 is 1.81. The molecule has 0 saturated heterocycles. The normalized spacial score (nSPS) is 10.9.